The van der Waals surface area contributed by atoms with Crippen LogP contribution in [0.5, 0.6) is 0 Å². The van der Waals surface area contributed by atoms with Crippen LogP contribution in [0.3, 0.4) is 0 Å². The summed E-state index contributed by atoms with van der Waals surface area (Å²) in [5.41, 5.74) is 0.612. The minimum absolute atomic E-state index is 0.169. The fourth-order valence-electron chi connectivity index (χ4n) is 1.54. The van der Waals surface area contributed by atoms with E-state index in [1.807, 2.05) is 4.90 Å². The fraction of sp³-hybridized carbons (Fsp3) is 0.273. The molecule has 1 aliphatic heterocycles. The predicted molar refractivity (Wildman–Crippen MR) is 55.2 cm³/mol. The molecular weight excluding hydrogens is 195 g/mol. The summed E-state index contributed by atoms with van der Waals surface area (Å²) in [5.74, 6) is -0.398. The normalized spacial score (nSPS) is 17.0. The maximum atomic E-state index is 13.3. The van der Waals surface area contributed by atoms with Crippen molar-refractivity contribution in [1.82, 2.24) is 4.90 Å². The molecular formula is C11H11FN2O. The zero-order valence-electron chi connectivity index (χ0n) is 8.19. The molecule has 3 nitrogen and oxygen atoms in total. The number of benzene rings is 1. The summed E-state index contributed by atoms with van der Waals surface area (Å²) in [4.78, 5) is 16.5. The van der Waals surface area contributed by atoms with Gasteiger partial charge in [0, 0.05) is 24.9 Å². The lowest BCUT2D eigenvalue weighted by molar-refractivity contribution is -0.119. The average molecular weight is 206 g/mol. The Morgan fingerprint density at radius 2 is 2.20 bits per heavy atom. The Kier molecular flexibility index (Phi) is 2.87. The molecule has 0 aliphatic carbocycles. The Hall–Kier alpha value is -1.55. The summed E-state index contributed by atoms with van der Waals surface area (Å²) in [6.45, 7) is 1.31. The van der Waals surface area contributed by atoms with E-state index in [4.69, 9.17) is 0 Å². The second-order valence-corrected chi connectivity index (χ2v) is 3.47. The minimum atomic E-state index is -0.229. The Morgan fingerprint density at radius 3 is 2.93 bits per heavy atom. The third-order valence-corrected chi connectivity index (χ3v) is 2.29. The summed E-state index contributed by atoms with van der Waals surface area (Å²) in [7, 11) is 0. The van der Waals surface area contributed by atoms with Crippen LogP contribution in [-0.2, 0) is 11.3 Å². The molecule has 0 radical (unpaired) electrons. The van der Waals surface area contributed by atoms with E-state index in [0.717, 1.165) is 0 Å². The first-order chi connectivity index (χ1) is 7.25. The molecule has 0 saturated carbocycles. The second-order valence-electron chi connectivity index (χ2n) is 3.47. The van der Waals surface area contributed by atoms with Crippen LogP contribution in [-0.4, -0.2) is 30.1 Å². The summed E-state index contributed by atoms with van der Waals surface area (Å²) in [6.07, 6.45) is 1.56. The lowest BCUT2D eigenvalue weighted by Gasteiger charge is -2.21. The highest BCUT2D eigenvalue weighted by molar-refractivity contribution is 5.89. The van der Waals surface area contributed by atoms with E-state index in [1.165, 1.54) is 6.07 Å². The van der Waals surface area contributed by atoms with Crippen molar-refractivity contribution in [3.05, 3.63) is 35.6 Å². The molecule has 1 heterocycles. The third kappa shape index (κ3) is 2.47. The van der Waals surface area contributed by atoms with Gasteiger partial charge in [-0.15, -0.1) is 0 Å². The zero-order chi connectivity index (χ0) is 10.7. The first-order valence-electron chi connectivity index (χ1n) is 4.77. The summed E-state index contributed by atoms with van der Waals surface area (Å²) < 4.78 is 13.3. The van der Waals surface area contributed by atoms with Crippen molar-refractivity contribution in [3.8, 4) is 0 Å². The Balaban J connectivity index is 2.06. The van der Waals surface area contributed by atoms with E-state index < -0.39 is 0 Å². The van der Waals surface area contributed by atoms with Gasteiger partial charge in [0.15, 0.2) is 0 Å². The smallest absolute Gasteiger partial charge is 0.259 e. The lowest BCUT2D eigenvalue weighted by Crippen LogP contribution is -2.34. The predicted octanol–water partition coefficient (Wildman–Crippen LogP) is 1.24. The van der Waals surface area contributed by atoms with E-state index in [2.05, 4.69) is 4.99 Å². The summed E-state index contributed by atoms with van der Waals surface area (Å²) in [5, 5.41) is 0. The Morgan fingerprint density at radius 1 is 1.40 bits per heavy atom. The van der Waals surface area contributed by atoms with Gasteiger partial charge >= 0.3 is 0 Å². The van der Waals surface area contributed by atoms with Gasteiger partial charge < -0.3 is 0 Å². The zero-order valence-corrected chi connectivity index (χ0v) is 8.19. The number of hydrogen-bond donors (Lipinski definition) is 0. The van der Waals surface area contributed by atoms with Crippen LogP contribution in [0.15, 0.2) is 29.3 Å². The Labute approximate surface area is 87.2 Å². The minimum Gasteiger partial charge on any atom is -0.285 e. The van der Waals surface area contributed by atoms with Gasteiger partial charge in [-0.05, 0) is 6.07 Å². The quantitative estimate of drug-likeness (QED) is 0.729. The van der Waals surface area contributed by atoms with E-state index in [0.29, 0.717) is 18.7 Å². The van der Waals surface area contributed by atoms with Crippen LogP contribution in [0.25, 0.3) is 0 Å². The maximum absolute atomic E-state index is 13.3. The molecule has 1 aromatic rings. The number of halogens is 1. The van der Waals surface area contributed by atoms with Gasteiger partial charge in [-0.1, -0.05) is 18.2 Å². The van der Waals surface area contributed by atoms with Crippen LogP contribution in [0.2, 0.25) is 0 Å². The van der Waals surface area contributed by atoms with Gasteiger partial charge in [0.25, 0.3) is 5.91 Å². The fourth-order valence-corrected chi connectivity index (χ4v) is 1.54. The molecule has 0 bridgehead atoms. The van der Waals surface area contributed by atoms with Gasteiger partial charge in [0.2, 0.25) is 0 Å². The van der Waals surface area contributed by atoms with E-state index >= 15 is 0 Å². The SMILES string of the molecule is O=C1CN(Cc2ccccc2F)CC=N1. The number of hydrogen-bond acceptors (Lipinski definition) is 2. The largest absolute Gasteiger partial charge is 0.285 e. The molecule has 0 spiro atoms. The molecule has 2 rings (SSSR count). The highest BCUT2D eigenvalue weighted by Crippen LogP contribution is 2.10. The van der Waals surface area contributed by atoms with Crippen molar-refractivity contribution in [3.63, 3.8) is 0 Å². The molecule has 1 aliphatic rings. The molecule has 1 aromatic carbocycles. The molecule has 1 amide bonds. The summed E-state index contributed by atoms with van der Waals surface area (Å²) in [6, 6.07) is 6.60. The van der Waals surface area contributed by atoms with E-state index in [9.17, 15) is 9.18 Å². The molecule has 0 N–H and O–H groups in total. The number of aliphatic imine (C=N–C) groups is 1. The van der Waals surface area contributed by atoms with Crippen molar-refractivity contribution >= 4 is 12.1 Å². The van der Waals surface area contributed by atoms with Gasteiger partial charge in [0.1, 0.15) is 5.82 Å². The van der Waals surface area contributed by atoms with Gasteiger partial charge in [-0.3, -0.25) is 9.69 Å². The van der Waals surface area contributed by atoms with Crippen LogP contribution in [0.4, 0.5) is 4.39 Å². The number of rotatable bonds is 2. The van der Waals surface area contributed by atoms with Gasteiger partial charge in [0.05, 0.1) is 6.54 Å². The third-order valence-electron chi connectivity index (χ3n) is 2.29. The molecule has 0 unspecified atom stereocenters. The van der Waals surface area contributed by atoms with Crippen molar-refractivity contribution < 1.29 is 9.18 Å². The second kappa shape index (κ2) is 4.31. The molecule has 0 atom stereocenters. The molecule has 15 heavy (non-hydrogen) atoms. The number of nitrogens with zero attached hydrogens (tertiary/aromatic N) is 2. The number of carbonyl (C=O) groups is 1. The molecule has 0 fully saturated rings. The van der Waals surface area contributed by atoms with E-state index in [-0.39, 0.29) is 18.3 Å². The standard InChI is InChI=1S/C11H11FN2O/c12-10-4-2-1-3-9(10)7-14-6-5-13-11(15)8-14/h1-5H,6-8H2. The van der Waals surface area contributed by atoms with E-state index in [1.54, 1.807) is 24.4 Å². The highest BCUT2D eigenvalue weighted by Gasteiger charge is 2.14. The van der Waals surface area contributed by atoms with Gasteiger partial charge in [-0.25, -0.2) is 9.38 Å². The highest BCUT2D eigenvalue weighted by atomic mass is 19.1. The topological polar surface area (TPSA) is 32.7 Å². The molecule has 0 aromatic heterocycles. The lowest BCUT2D eigenvalue weighted by atomic mass is 10.2. The van der Waals surface area contributed by atoms with Crippen LogP contribution >= 0.6 is 0 Å². The van der Waals surface area contributed by atoms with Crippen molar-refractivity contribution in [2.75, 3.05) is 13.1 Å². The average Bonchev–Trinajstić information content (AvgIpc) is 2.22. The molecule has 4 heteroatoms. The van der Waals surface area contributed by atoms with Crippen LogP contribution in [0, 0.1) is 5.82 Å². The monoisotopic (exact) mass is 206 g/mol. The molecule has 78 valence electrons. The Bertz CT molecular complexity index is 403. The van der Waals surface area contributed by atoms with Crippen molar-refractivity contribution in [2.24, 2.45) is 4.99 Å². The summed E-state index contributed by atoms with van der Waals surface area (Å²) >= 11 is 0. The van der Waals surface area contributed by atoms with Crippen molar-refractivity contribution in [2.45, 2.75) is 6.54 Å². The first-order valence-corrected chi connectivity index (χ1v) is 4.77. The van der Waals surface area contributed by atoms with Crippen LogP contribution in [0.1, 0.15) is 5.56 Å². The van der Waals surface area contributed by atoms with Gasteiger partial charge in [-0.2, -0.15) is 0 Å². The maximum Gasteiger partial charge on any atom is 0.259 e. The number of amides is 1. The number of carbonyl (C=O) groups excluding carboxylic acids is 1. The first kappa shape index (κ1) is 9.98. The molecule has 0 saturated heterocycles. The van der Waals surface area contributed by atoms with Crippen LogP contribution < -0.4 is 0 Å². The van der Waals surface area contributed by atoms with Crippen molar-refractivity contribution in [1.29, 1.82) is 0 Å².